The van der Waals surface area contributed by atoms with Crippen LogP contribution in [0.5, 0.6) is 0 Å². The Morgan fingerprint density at radius 3 is 2.59 bits per heavy atom. The fraction of sp³-hybridized carbons (Fsp3) is 0.250. The summed E-state index contributed by atoms with van der Waals surface area (Å²) in [5.41, 5.74) is 3.63. The number of benzene rings is 2. The molecule has 0 spiro atoms. The number of amides is 1. The third kappa shape index (κ3) is 4.87. The highest BCUT2D eigenvalue weighted by Crippen LogP contribution is 2.29. The van der Waals surface area contributed by atoms with E-state index in [-0.39, 0.29) is 17.8 Å². The molecule has 2 aromatic carbocycles. The van der Waals surface area contributed by atoms with Gasteiger partial charge in [0.1, 0.15) is 5.82 Å². The van der Waals surface area contributed by atoms with E-state index in [2.05, 4.69) is 15.2 Å². The Kier molecular flexibility index (Phi) is 5.67. The van der Waals surface area contributed by atoms with Crippen molar-refractivity contribution in [3.8, 4) is 11.1 Å². The van der Waals surface area contributed by atoms with Crippen LogP contribution in [-0.2, 0) is 11.2 Å². The van der Waals surface area contributed by atoms with Crippen molar-refractivity contribution >= 4 is 11.6 Å². The van der Waals surface area contributed by atoms with Crippen LogP contribution in [0.25, 0.3) is 11.1 Å². The number of halogens is 1. The Labute approximate surface area is 170 Å². The zero-order chi connectivity index (χ0) is 20.2. The molecule has 1 saturated carbocycles. The van der Waals surface area contributed by atoms with Crippen LogP contribution in [0, 0.1) is 5.82 Å². The molecule has 4 nitrogen and oxygen atoms in total. The molecular weight excluding hydrogens is 365 g/mol. The normalized spacial score (nSPS) is 14.6. The molecule has 148 valence electrons. The lowest BCUT2D eigenvalue weighted by Crippen LogP contribution is -2.44. The lowest BCUT2D eigenvalue weighted by Gasteiger charge is -2.27. The Hall–Kier alpha value is -3.05. The van der Waals surface area contributed by atoms with Crippen molar-refractivity contribution in [3.05, 3.63) is 84.4 Å². The second-order valence-electron chi connectivity index (χ2n) is 7.55. The number of hydrogen-bond donors (Lipinski definition) is 1. The van der Waals surface area contributed by atoms with Crippen LogP contribution in [0.3, 0.4) is 0 Å². The topological polar surface area (TPSA) is 45.2 Å². The third-order valence-corrected chi connectivity index (χ3v) is 5.38. The molecule has 0 bridgehead atoms. The summed E-state index contributed by atoms with van der Waals surface area (Å²) in [6.45, 7) is 0. The molecule has 1 aliphatic carbocycles. The summed E-state index contributed by atoms with van der Waals surface area (Å²) in [6, 6.07) is 18.2. The maximum absolute atomic E-state index is 13.6. The van der Waals surface area contributed by atoms with Gasteiger partial charge < -0.3 is 5.32 Å². The number of hydrogen-bond acceptors (Lipinski definition) is 3. The number of nitrogens with one attached hydrogen (secondary N) is 1. The Balaban J connectivity index is 1.53. The maximum atomic E-state index is 13.6. The van der Waals surface area contributed by atoms with Crippen molar-refractivity contribution in [2.24, 2.45) is 0 Å². The van der Waals surface area contributed by atoms with Gasteiger partial charge in [0.25, 0.3) is 0 Å². The fourth-order valence-corrected chi connectivity index (χ4v) is 3.59. The molecular formula is C24H24FN3O. The van der Waals surface area contributed by atoms with E-state index in [9.17, 15) is 9.18 Å². The minimum absolute atomic E-state index is 0.0736. The zero-order valence-corrected chi connectivity index (χ0v) is 16.4. The first-order valence-corrected chi connectivity index (χ1v) is 9.88. The lowest BCUT2D eigenvalue weighted by atomic mass is 10.0. The van der Waals surface area contributed by atoms with Gasteiger partial charge >= 0.3 is 0 Å². The van der Waals surface area contributed by atoms with Gasteiger partial charge in [-0.15, -0.1) is 0 Å². The van der Waals surface area contributed by atoms with Crippen LogP contribution in [-0.4, -0.2) is 34.9 Å². The quantitative estimate of drug-likeness (QED) is 0.646. The first-order valence-electron chi connectivity index (χ1n) is 9.88. The van der Waals surface area contributed by atoms with Crippen molar-refractivity contribution < 1.29 is 9.18 Å². The summed E-state index contributed by atoms with van der Waals surface area (Å²) in [6.07, 6.45) is 6.17. The molecule has 0 aliphatic heterocycles. The molecule has 1 aromatic heterocycles. The highest BCUT2D eigenvalue weighted by atomic mass is 19.1. The van der Waals surface area contributed by atoms with E-state index in [1.807, 2.05) is 49.5 Å². The molecule has 0 unspecified atom stereocenters. The predicted octanol–water partition coefficient (Wildman–Crippen LogP) is 4.53. The van der Waals surface area contributed by atoms with Gasteiger partial charge in [-0.05, 0) is 79.4 Å². The number of pyridine rings is 1. The third-order valence-electron chi connectivity index (χ3n) is 5.38. The zero-order valence-electron chi connectivity index (χ0n) is 16.4. The minimum atomic E-state index is -0.353. The average Bonchev–Trinajstić information content (AvgIpc) is 3.58. The number of carbonyl (C=O) groups excluding carboxylic acids is 1. The number of likely N-dealkylation sites (N-methyl/N-ethyl adjacent to an activating group) is 1. The van der Waals surface area contributed by atoms with Gasteiger partial charge in [0.2, 0.25) is 5.91 Å². The summed E-state index contributed by atoms with van der Waals surface area (Å²) >= 11 is 0. The van der Waals surface area contributed by atoms with Gasteiger partial charge in [-0.2, -0.15) is 0 Å². The molecule has 1 aliphatic rings. The molecule has 1 heterocycles. The minimum Gasteiger partial charge on any atom is -0.325 e. The first-order chi connectivity index (χ1) is 14.1. The molecule has 0 radical (unpaired) electrons. The summed E-state index contributed by atoms with van der Waals surface area (Å²) in [5, 5.41) is 3.06. The van der Waals surface area contributed by atoms with Crippen molar-refractivity contribution in [1.82, 2.24) is 9.88 Å². The van der Waals surface area contributed by atoms with Gasteiger partial charge in [-0.25, -0.2) is 4.39 Å². The van der Waals surface area contributed by atoms with Crippen molar-refractivity contribution in [2.45, 2.75) is 31.3 Å². The smallest absolute Gasteiger partial charge is 0.242 e. The number of anilines is 1. The van der Waals surface area contributed by atoms with Crippen LogP contribution >= 0.6 is 0 Å². The van der Waals surface area contributed by atoms with Crippen LogP contribution in [0.2, 0.25) is 0 Å². The number of nitrogens with zero attached hydrogens (tertiary/aromatic N) is 2. The van der Waals surface area contributed by atoms with Crippen molar-refractivity contribution in [1.29, 1.82) is 0 Å². The van der Waals surface area contributed by atoms with E-state index in [0.29, 0.717) is 12.5 Å². The highest BCUT2D eigenvalue weighted by molar-refractivity contribution is 5.95. The summed E-state index contributed by atoms with van der Waals surface area (Å²) in [5.74, 6) is -0.351. The van der Waals surface area contributed by atoms with E-state index in [1.54, 1.807) is 18.5 Å². The van der Waals surface area contributed by atoms with Crippen molar-refractivity contribution in [3.63, 3.8) is 0 Å². The van der Waals surface area contributed by atoms with Gasteiger partial charge in [-0.3, -0.25) is 14.7 Å². The second-order valence-corrected chi connectivity index (χ2v) is 7.55. The summed E-state index contributed by atoms with van der Waals surface area (Å²) in [7, 11) is 1.98. The molecule has 29 heavy (non-hydrogen) atoms. The molecule has 1 atom stereocenters. The molecule has 4 rings (SSSR count). The van der Waals surface area contributed by atoms with Crippen LogP contribution in [0.15, 0.2) is 73.1 Å². The summed E-state index contributed by atoms with van der Waals surface area (Å²) < 4.78 is 13.6. The SMILES string of the molecule is CN(C1CC1)[C@@H](Cc1cccc(F)c1)C(=O)Nc1cccc(-c2ccncc2)c1. The highest BCUT2D eigenvalue weighted by Gasteiger charge is 2.34. The Bertz CT molecular complexity index is 988. The number of carbonyl (C=O) groups is 1. The fourth-order valence-electron chi connectivity index (χ4n) is 3.59. The van der Waals surface area contributed by atoms with Crippen LogP contribution in [0.1, 0.15) is 18.4 Å². The van der Waals surface area contributed by atoms with Crippen LogP contribution in [0.4, 0.5) is 10.1 Å². The Morgan fingerprint density at radius 2 is 1.86 bits per heavy atom. The van der Waals surface area contributed by atoms with Gasteiger partial charge in [0.15, 0.2) is 0 Å². The predicted molar refractivity (Wildman–Crippen MR) is 113 cm³/mol. The van der Waals surface area contributed by atoms with E-state index in [4.69, 9.17) is 0 Å². The molecule has 5 heteroatoms. The average molecular weight is 389 g/mol. The van der Waals surface area contributed by atoms with Crippen molar-refractivity contribution in [2.75, 3.05) is 12.4 Å². The van der Waals surface area contributed by atoms with E-state index in [1.165, 1.54) is 12.1 Å². The number of aromatic nitrogens is 1. The number of rotatable bonds is 7. The molecule has 3 aromatic rings. The Morgan fingerprint density at radius 1 is 1.10 bits per heavy atom. The van der Waals surface area contributed by atoms with Gasteiger partial charge in [-0.1, -0.05) is 24.3 Å². The summed E-state index contributed by atoms with van der Waals surface area (Å²) in [4.78, 5) is 19.3. The lowest BCUT2D eigenvalue weighted by molar-refractivity contribution is -0.121. The molecule has 1 fully saturated rings. The van der Waals surface area contributed by atoms with E-state index in [0.717, 1.165) is 35.2 Å². The molecule has 0 saturated heterocycles. The largest absolute Gasteiger partial charge is 0.325 e. The second kappa shape index (κ2) is 8.53. The van der Waals surface area contributed by atoms with Gasteiger partial charge in [0, 0.05) is 24.1 Å². The van der Waals surface area contributed by atoms with E-state index >= 15 is 0 Å². The maximum Gasteiger partial charge on any atom is 0.242 e. The first kappa shape index (κ1) is 19.3. The molecule has 1 amide bonds. The monoisotopic (exact) mass is 389 g/mol. The standard InChI is InChI=1S/C24H24FN3O/c1-28(22-8-9-22)23(15-17-4-2-6-20(25)14-17)24(29)27-21-7-3-5-19(16-21)18-10-12-26-13-11-18/h2-7,10-14,16,22-23H,8-9,15H2,1H3,(H,27,29)/t23-/m0/s1. The van der Waals surface area contributed by atoms with Crippen LogP contribution < -0.4 is 5.32 Å². The van der Waals surface area contributed by atoms with Gasteiger partial charge in [0.05, 0.1) is 6.04 Å². The molecule has 1 N–H and O–H groups in total. The van der Waals surface area contributed by atoms with E-state index < -0.39 is 0 Å².